The fourth-order valence-corrected chi connectivity index (χ4v) is 1.56. The maximum Gasteiger partial charge on any atom is 0.261 e. The van der Waals surface area contributed by atoms with Crippen LogP contribution >= 0.6 is 0 Å². The number of hydrogen-bond donors (Lipinski definition) is 1. The summed E-state index contributed by atoms with van der Waals surface area (Å²) >= 11 is 0. The second-order valence-electron chi connectivity index (χ2n) is 4.16. The molecule has 0 saturated carbocycles. The molecule has 1 rings (SSSR count). The number of ether oxygens (including phenoxy) is 1. The van der Waals surface area contributed by atoms with Crippen molar-refractivity contribution in [2.45, 2.75) is 40.2 Å². The Hall–Kier alpha value is -1.51. The molecule has 0 aromatic heterocycles. The summed E-state index contributed by atoms with van der Waals surface area (Å²) in [5, 5.41) is 2.78. The SMILES string of the molecule is CCNC(=O)[C@@H](CC)Oc1ccc(C)c(C)c1. The highest BCUT2D eigenvalue weighted by molar-refractivity contribution is 5.81. The molecule has 0 radical (unpaired) electrons. The molecule has 0 aliphatic carbocycles. The average molecular weight is 235 g/mol. The van der Waals surface area contributed by atoms with Crippen molar-refractivity contribution in [1.82, 2.24) is 5.32 Å². The zero-order valence-electron chi connectivity index (χ0n) is 11.0. The number of aryl methyl sites for hydroxylation is 2. The topological polar surface area (TPSA) is 38.3 Å². The summed E-state index contributed by atoms with van der Waals surface area (Å²) in [6, 6.07) is 5.89. The van der Waals surface area contributed by atoms with Gasteiger partial charge in [-0.25, -0.2) is 0 Å². The van der Waals surface area contributed by atoms with E-state index in [9.17, 15) is 4.79 Å². The lowest BCUT2D eigenvalue weighted by Crippen LogP contribution is -2.37. The van der Waals surface area contributed by atoms with E-state index in [0.717, 1.165) is 5.75 Å². The molecule has 0 heterocycles. The van der Waals surface area contributed by atoms with E-state index in [1.165, 1.54) is 11.1 Å². The monoisotopic (exact) mass is 235 g/mol. The minimum atomic E-state index is -0.406. The molecule has 1 aromatic rings. The van der Waals surface area contributed by atoms with Gasteiger partial charge >= 0.3 is 0 Å². The maximum absolute atomic E-state index is 11.7. The van der Waals surface area contributed by atoms with Gasteiger partial charge in [0.2, 0.25) is 0 Å². The highest BCUT2D eigenvalue weighted by atomic mass is 16.5. The largest absolute Gasteiger partial charge is 0.481 e. The van der Waals surface area contributed by atoms with E-state index >= 15 is 0 Å². The summed E-state index contributed by atoms with van der Waals surface area (Å²) in [6.45, 7) is 8.57. The first-order valence-electron chi connectivity index (χ1n) is 6.10. The lowest BCUT2D eigenvalue weighted by atomic mass is 10.1. The average Bonchev–Trinajstić information content (AvgIpc) is 2.30. The van der Waals surface area contributed by atoms with E-state index in [4.69, 9.17) is 4.74 Å². The van der Waals surface area contributed by atoms with Gasteiger partial charge in [-0.3, -0.25) is 4.79 Å². The smallest absolute Gasteiger partial charge is 0.261 e. The van der Waals surface area contributed by atoms with E-state index < -0.39 is 6.10 Å². The van der Waals surface area contributed by atoms with Crippen LogP contribution in [-0.4, -0.2) is 18.6 Å². The predicted molar refractivity (Wildman–Crippen MR) is 69.3 cm³/mol. The maximum atomic E-state index is 11.7. The highest BCUT2D eigenvalue weighted by Gasteiger charge is 2.17. The molecule has 1 N–H and O–H groups in total. The van der Waals surface area contributed by atoms with E-state index in [0.29, 0.717) is 13.0 Å². The van der Waals surface area contributed by atoms with Gasteiger partial charge in [0.1, 0.15) is 5.75 Å². The number of carbonyl (C=O) groups excluding carboxylic acids is 1. The van der Waals surface area contributed by atoms with E-state index in [-0.39, 0.29) is 5.91 Å². The van der Waals surface area contributed by atoms with Gasteiger partial charge in [0.05, 0.1) is 0 Å². The van der Waals surface area contributed by atoms with Crippen molar-refractivity contribution in [1.29, 1.82) is 0 Å². The Balaban J connectivity index is 2.73. The first-order chi connectivity index (χ1) is 8.08. The summed E-state index contributed by atoms with van der Waals surface area (Å²) in [5.74, 6) is 0.708. The Morgan fingerprint density at radius 2 is 2.00 bits per heavy atom. The number of nitrogens with one attached hydrogen (secondary N) is 1. The van der Waals surface area contributed by atoms with Crippen LogP contribution in [0.4, 0.5) is 0 Å². The molecule has 17 heavy (non-hydrogen) atoms. The van der Waals surface area contributed by atoms with E-state index in [2.05, 4.69) is 12.2 Å². The molecule has 0 aliphatic heterocycles. The van der Waals surface area contributed by atoms with Crippen molar-refractivity contribution in [3.05, 3.63) is 29.3 Å². The molecule has 1 amide bonds. The van der Waals surface area contributed by atoms with Gasteiger partial charge in [-0.15, -0.1) is 0 Å². The first kappa shape index (κ1) is 13.6. The number of amides is 1. The first-order valence-corrected chi connectivity index (χ1v) is 6.10. The quantitative estimate of drug-likeness (QED) is 0.852. The van der Waals surface area contributed by atoms with Gasteiger partial charge in [-0.1, -0.05) is 13.0 Å². The van der Waals surface area contributed by atoms with Crippen LogP contribution in [0, 0.1) is 13.8 Å². The molecular formula is C14H21NO2. The van der Waals surface area contributed by atoms with E-state index in [1.54, 1.807) is 0 Å². The van der Waals surface area contributed by atoms with Crippen molar-refractivity contribution in [3.63, 3.8) is 0 Å². The molecule has 3 nitrogen and oxygen atoms in total. The van der Waals surface area contributed by atoms with Crippen LogP contribution in [-0.2, 0) is 4.79 Å². The zero-order valence-corrected chi connectivity index (χ0v) is 11.0. The number of carbonyl (C=O) groups is 1. The van der Waals surface area contributed by atoms with E-state index in [1.807, 2.05) is 39.0 Å². The summed E-state index contributed by atoms with van der Waals surface area (Å²) in [5.41, 5.74) is 2.40. The molecule has 0 aliphatic rings. The lowest BCUT2D eigenvalue weighted by molar-refractivity contribution is -0.128. The van der Waals surface area contributed by atoms with Gasteiger partial charge in [-0.2, -0.15) is 0 Å². The fraction of sp³-hybridized carbons (Fsp3) is 0.500. The summed E-state index contributed by atoms with van der Waals surface area (Å²) in [6.07, 6.45) is 0.260. The molecule has 0 fully saturated rings. The zero-order chi connectivity index (χ0) is 12.8. The van der Waals surface area contributed by atoms with Crippen LogP contribution < -0.4 is 10.1 Å². The number of hydrogen-bond acceptors (Lipinski definition) is 2. The van der Waals surface area contributed by atoms with Gasteiger partial charge in [0.25, 0.3) is 5.91 Å². The molecule has 0 saturated heterocycles. The molecule has 94 valence electrons. The van der Waals surface area contributed by atoms with Crippen molar-refractivity contribution in [2.75, 3.05) is 6.54 Å². The van der Waals surface area contributed by atoms with Crippen LogP contribution in [0.2, 0.25) is 0 Å². The minimum Gasteiger partial charge on any atom is -0.481 e. The third kappa shape index (κ3) is 3.77. The van der Waals surface area contributed by atoms with Crippen LogP contribution in [0.3, 0.4) is 0 Å². The van der Waals surface area contributed by atoms with Crippen LogP contribution in [0.5, 0.6) is 5.75 Å². The van der Waals surface area contributed by atoms with Crippen molar-refractivity contribution < 1.29 is 9.53 Å². The molecular weight excluding hydrogens is 214 g/mol. The van der Waals surface area contributed by atoms with Gasteiger partial charge in [0, 0.05) is 6.54 Å². The normalized spacial score (nSPS) is 12.0. The van der Waals surface area contributed by atoms with Gasteiger partial charge < -0.3 is 10.1 Å². The van der Waals surface area contributed by atoms with Crippen molar-refractivity contribution in [2.24, 2.45) is 0 Å². The Kier molecular flexibility index (Phi) is 5.01. The van der Waals surface area contributed by atoms with Crippen LogP contribution in [0.1, 0.15) is 31.4 Å². The molecule has 1 atom stereocenters. The molecule has 3 heteroatoms. The van der Waals surface area contributed by atoms with Gasteiger partial charge in [-0.05, 0) is 50.5 Å². The Bertz CT molecular complexity index is 388. The summed E-state index contributed by atoms with van der Waals surface area (Å²) in [7, 11) is 0. The second kappa shape index (κ2) is 6.28. The van der Waals surface area contributed by atoms with Crippen molar-refractivity contribution >= 4 is 5.91 Å². The molecule has 1 aromatic carbocycles. The lowest BCUT2D eigenvalue weighted by Gasteiger charge is -2.17. The Morgan fingerprint density at radius 3 is 2.53 bits per heavy atom. The number of benzene rings is 1. The third-order valence-electron chi connectivity index (χ3n) is 2.77. The molecule has 0 unspecified atom stereocenters. The number of likely N-dealkylation sites (N-methyl/N-ethyl adjacent to an activating group) is 1. The third-order valence-corrected chi connectivity index (χ3v) is 2.77. The highest BCUT2D eigenvalue weighted by Crippen LogP contribution is 2.18. The van der Waals surface area contributed by atoms with Crippen LogP contribution in [0.15, 0.2) is 18.2 Å². The Morgan fingerprint density at radius 1 is 1.29 bits per heavy atom. The summed E-state index contributed by atoms with van der Waals surface area (Å²) < 4.78 is 5.70. The second-order valence-corrected chi connectivity index (χ2v) is 4.16. The van der Waals surface area contributed by atoms with Gasteiger partial charge in [0.15, 0.2) is 6.10 Å². The predicted octanol–water partition coefficient (Wildman–Crippen LogP) is 2.60. The fourth-order valence-electron chi connectivity index (χ4n) is 1.56. The Labute approximate surface area is 103 Å². The van der Waals surface area contributed by atoms with Crippen LogP contribution in [0.25, 0.3) is 0 Å². The minimum absolute atomic E-state index is 0.0479. The van der Waals surface area contributed by atoms with Crippen molar-refractivity contribution in [3.8, 4) is 5.75 Å². The standard InChI is InChI=1S/C14H21NO2/c1-5-13(14(16)15-6-2)17-12-8-7-10(3)11(4)9-12/h7-9,13H,5-6H2,1-4H3,(H,15,16)/t13-/m1/s1. The number of rotatable bonds is 5. The summed E-state index contributed by atoms with van der Waals surface area (Å²) in [4.78, 5) is 11.7. The molecule has 0 spiro atoms. The molecule has 0 bridgehead atoms.